The molecule has 0 bridgehead atoms. The molecule has 0 radical (unpaired) electrons. The minimum Gasteiger partial charge on any atom is -0.490 e. The number of anilines is 1. The van der Waals surface area contributed by atoms with Crippen molar-refractivity contribution in [3.8, 4) is 11.5 Å². The quantitative estimate of drug-likeness (QED) is 0.662. The monoisotopic (exact) mass is 396 g/mol. The zero-order valence-electron chi connectivity index (χ0n) is 17.2. The zero-order chi connectivity index (χ0) is 20.8. The fourth-order valence-electron chi connectivity index (χ4n) is 3.00. The van der Waals surface area contributed by atoms with Crippen molar-refractivity contribution in [2.75, 3.05) is 18.5 Å². The van der Waals surface area contributed by atoms with Gasteiger partial charge in [-0.3, -0.25) is 9.59 Å². The van der Waals surface area contributed by atoms with Gasteiger partial charge in [0.15, 0.2) is 11.5 Å². The van der Waals surface area contributed by atoms with Crippen LogP contribution in [0.25, 0.3) is 0 Å². The maximum absolute atomic E-state index is 12.6. The molecule has 0 spiro atoms. The lowest BCUT2D eigenvalue weighted by atomic mass is 10.1. The smallest absolute Gasteiger partial charge is 0.251 e. The molecule has 1 atom stereocenters. The Morgan fingerprint density at radius 1 is 1.00 bits per heavy atom. The minimum absolute atomic E-state index is 0.0522. The molecule has 1 fully saturated rings. The Hall–Kier alpha value is -3.02. The summed E-state index contributed by atoms with van der Waals surface area (Å²) in [4.78, 5) is 24.4. The molecule has 29 heavy (non-hydrogen) atoms. The summed E-state index contributed by atoms with van der Waals surface area (Å²) in [7, 11) is 0. The van der Waals surface area contributed by atoms with Crippen LogP contribution in [0.2, 0.25) is 0 Å². The largest absolute Gasteiger partial charge is 0.490 e. The number of carbonyl (C=O) groups is 2. The summed E-state index contributed by atoms with van der Waals surface area (Å²) >= 11 is 0. The van der Waals surface area contributed by atoms with E-state index in [4.69, 9.17) is 9.47 Å². The second kappa shape index (κ2) is 9.45. The second-order valence-corrected chi connectivity index (χ2v) is 7.11. The molecule has 6 heteroatoms. The predicted molar refractivity (Wildman–Crippen MR) is 112 cm³/mol. The lowest BCUT2D eigenvalue weighted by molar-refractivity contribution is -0.117. The van der Waals surface area contributed by atoms with E-state index in [0.29, 0.717) is 36.0 Å². The number of benzene rings is 2. The number of ether oxygens (including phenoxy) is 2. The number of nitrogens with one attached hydrogen (secondary N) is 2. The highest BCUT2D eigenvalue weighted by molar-refractivity contribution is 5.97. The van der Waals surface area contributed by atoms with E-state index in [1.807, 2.05) is 39.0 Å². The van der Waals surface area contributed by atoms with Crippen LogP contribution in [-0.4, -0.2) is 25.0 Å². The normalized spacial score (nSPS) is 14.0. The van der Waals surface area contributed by atoms with Gasteiger partial charge in [0.2, 0.25) is 5.91 Å². The van der Waals surface area contributed by atoms with Gasteiger partial charge in [0.25, 0.3) is 5.91 Å². The predicted octanol–water partition coefficient (Wildman–Crippen LogP) is 4.32. The lowest BCUT2D eigenvalue weighted by Crippen LogP contribution is -2.26. The fourth-order valence-corrected chi connectivity index (χ4v) is 3.00. The van der Waals surface area contributed by atoms with Gasteiger partial charge in [0, 0.05) is 17.2 Å². The van der Waals surface area contributed by atoms with Crippen molar-refractivity contribution in [1.82, 2.24) is 5.32 Å². The van der Waals surface area contributed by atoms with Crippen molar-refractivity contribution < 1.29 is 19.1 Å². The highest BCUT2D eigenvalue weighted by Crippen LogP contribution is 2.31. The Labute approximate surface area is 171 Å². The SMILES string of the molecule is CCOc1ccc(C(C)NC(=O)c2ccc(NC(=O)C3CC3)cc2)cc1OCC. The Morgan fingerprint density at radius 3 is 2.28 bits per heavy atom. The number of hydrogen-bond donors (Lipinski definition) is 2. The average Bonchev–Trinajstić information content (AvgIpc) is 3.55. The molecule has 2 N–H and O–H groups in total. The third-order valence-electron chi connectivity index (χ3n) is 4.78. The van der Waals surface area contributed by atoms with E-state index in [2.05, 4.69) is 10.6 Å². The van der Waals surface area contributed by atoms with E-state index in [1.54, 1.807) is 24.3 Å². The van der Waals surface area contributed by atoms with E-state index >= 15 is 0 Å². The van der Waals surface area contributed by atoms with Crippen LogP contribution in [0, 0.1) is 5.92 Å². The van der Waals surface area contributed by atoms with Gasteiger partial charge in [-0.2, -0.15) is 0 Å². The molecule has 6 nitrogen and oxygen atoms in total. The van der Waals surface area contributed by atoms with E-state index in [0.717, 1.165) is 18.4 Å². The molecule has 2 aromatic rings. The molecule has 1 aliphatic rings. The van der Waals surface area contributed by atoms with Crippen molar-refractivity contribution in [3.63, 3.8) is 0 Å². The maximum Gasteiger partial charge on any atom is 0.251 e. The summed E-state index contributed by atoms with van der Waals surface area (Å²) < 4.78 is 11.3. The summed E-state index contributed by atoms with van der Waals surface area (Å²) in [5, 5.41) is 5.87. The highest BCUT2D eigenvalue weighted by atomic mass is 16.5. The van der Waals surface area contributed by atoms with Gasteiger partial charge in [-0.25, -0.2) is 0 Å². The second-order valence-electron chi connectivity index (χ2n) is 7.11. The first-order valence-electron chi connectivity index (χ1n) is 10.1. The standard InChI is InChI=1S/C23H28N2O4/c1-4-28-20-13-10-18(14-21(20)29-5-2)15(3)24-22(26)17-8-11-19(12-9-17)25-23(27)16-6-7-16/h8-16H,4-7H2,1-3H3,(H,24,26)(H,25,27). The number of carbonyl (C=O) groups excluding carboxylic acids is 2. The third-order valence-corrected chi connectivity index (χ3v) is 4.78. The number of amides is 2. The molecule has 0 saturated heterocycles. The Morgan fingerprint density at radius 2 is 1.66 bits per heavy atom. The highest BCUT2D eigenvalue weighted by Gasteiger charge is 2.29. The average molecular weight is 396 g/mol. The van der Waals surface area contributed by atoms with Crippen LogP contribution in [0.5, 0.6) is 11.5 Å². The molecule has 0 heterocycles. The summed E-state index contributed by atoms with van der Waals surface area (Å²) in [6, 6.07) is 12.4. The van der Waals surface area contributed by atoms with Crippen molar-refractivity contribution in [1.29, 1.82) is 0 Å². The molecule has 0 aliphatic heterocycles. The first kappa shape index (κ1) is 20.7. The van der Waals surface area contributed by atoms with Gasteiger partial charge in [-0.05, 0) is 75.6 Å². The molecule has 2 aromatic carbocycles. The Kier molecular flexibility index (Phi) is 6.75. The van der Waals surface area contributed by atoms with Crippen LogP contribution < -0.4 is 20.1 Å². The molecule has 1 saturated carbocycles. The van der Waals surface area contributed by atoms with Crippen LogP contribution in [0.1, 0.15) is 55.6 Å². The number of hydrogen-bond acceptors (Lipinski definition) is 4. The Bertz CT molecular complexity index is 860. The van der Waals surface area contributed by atoms with Gasteiger partial charge in [0.1, 0.15) is 0 Å². The Balaban J connectivity index is 1.63. The van der Waals surface area contributed by atoms with Crippen LogP contribution in [0.4, 0.5) is 5.69 Å². The summed E-state index contributed by atoms with van der Waals surface area (Å²) in [5.41, 5.74) is 2.18. The summed E-state index contributed by atoms with van der Waals surface area (Å²) in [6.07, 6.45) is 1.92. The van der Waals surface area contributed by atoms with E-state index in [1.165, 1.54) is 0 Å². The third kappa shape index (κ3) is 5.50. The van der Waals surface area contributed by atoms with Crippen molar-refractivity contribution in [2.24, 2.45) is 5.92 Å². The topological polar surface area (TPSA) is 76.7 Å². The molecular formula is C23H28N2O4. The summed E-state index contributed by atoms with van der Waals surface area (Å²) in [6.45, 7) is 6.86. The number of rotatable bonds is 9. The van der Waals surface area contributed by atoms with E-state index < -0.39 is 0 Å². The molecule has 154 valence electrons. The van der Waals surface area contributed by atoms with Crippen LogP contribution in [-0.2, 0) is 4.79 Å². The fraction of sp³-hybridized carbons (Fsp3) is 0.391. The van der Waals surface area contributed by atoms with E-state index in [9.17, 15) is 9.59 Å². The van der Waals surface area contributed by atoms with Gasteiger partial charge >= 0.3 is 0 Å². The van der Waals surface area contributed by atoms with Gasteiger partial charge < -0.3 is 20.1 Å². The zero-order valence-corrected chi connectivity index (χ0v) is 17.2. The summed E-state index contributed by atoms with van der Waals surface area (Å²) in [5.74, 6) is 1.39. The van der Waals surface area contributed by atoms with Crippen molar-refractivity contribution >= 4 is 17.5 Å². The maximum atomic E-state index is 12.6. The molecule has 1 unspecified atom stereocenters. The van der Waals surface area contributed by atoms with Gasteiger partial charge in [0.05, 0.1) is 19.3 Å². The van der Waals surface area contributed by atoms with Gasteiger partial charge in [-0.1, -0.05) is 6.07 Å². The molecular weight excluding hydrogens is 368 g/mol. The van der Waals surface area contributed by atoms with Gasteiger partial charge in [-0.15, -0.1) is 0 Å². The first-order valence-corrected chi connectivity index (χ1v) is 10.1. The molecule has 1 aliphatic carbocycles. The van der Waals surface area contributed by atoms with Crippen LogP contribution in [0.3, 0.4) is 0 Å². The molecule has 2 amide bonds. The van der Waals surface area contributed by atoms with E-state index in [-0.39, 0.29) is 23.8 Å². The van der Waals surface area contributed by atoms with Crippen LogP contribution >= 0.6 is 0 Å². The lowest BCUT2D eigenvalue weighted by Gasteiger charge is -2.17. The van der Waals surface area contributed by atoms with Crippen molar-refractivity contribution in [3.05, 3.63) is 53.6 Å². The minimum atomic E-state index is -0.202. The van der Waals surface area contributed by atoms with Crippen molar-refractivity contribution in [2.45, 2.75) is 39.7 Å². The molecule has 0 aromatic heterocycles. The van der Waals surface area contributed by atoms with Crippen LogP contribution in [0.15, 0.2) is 42.5 Å². The first-order chi connectivity index (χ1) is 14.0. The molecule has 3 rings (SSSR count).